The van der Waals surface area contributed by atoms with Gasteiger partial charge in [-0.25, -0.2) is 4.79 Å². The predicted octanol–water partition coefficient (Wildman–Crippen LogP) is 1.20. The van der Waals surface area contributed by atoms with Crippen molar-refractivity contribution in [3.8, 4) is 11.8 Å². The lowest BCUT2D eigenvalue weighted by atomic mass is 10.2. The van der Waals surface area contributed by atoms with Crippen molar-refractivity contribution in [2.75, 3.05) is 6.54 Å². The van der Waals surface area contributed by atoms with Crippen molar-refractivity contribution in [2.45, 2.75) is 31.3 Å². The Morgan fingerprint density at radius 3 is 2.80 bits per heavy atom. The van der Waals surface area contributed by atoms with Gasteiger partial charge in [0.05, 0.1) is 6.54 Å². The lowest BCUT2D eigenvalue weighted by molar-refractivity contribution is 0.0535. The van der Waals surface area contributed by atoms with Crippen LogP contribution in [0.4, 0.5) is 4.79 Å². The van der Waals surface area contributed by atoms with E-state index in [1.807, 2.05) is 0 Å². The summed E-state index contributed by atoms with van der Waals surface area (Å²) >= 11 is -2.34. The Bertz CT molecular complexity index is 570. The first-order chi connectivity index (χ1) is 9.28. The highest BCUT2D eigenvalue weighted by molar-refractivity contribution is 7.79. The molecule has 1 heterocycles. The van der Waals surface area contributed by atoms with Crippen LogP contribution in [-0.4, -0.2) is 32.0 Å². The molecule has 0 aliphatic heterocycles. The highest BCUT2D eigenvalue weighted by atomic mass is 32.2. The normalized spacial score (nSPS) is 12.0. The number of amides is 1. The van der Waals surface area contributed by atoms with E-state index in [1.165, 1.54) is 18.5 Å². The number of hydrogen-bond donors (Lipinski definition) is 1. The summed E-state index contributed by atoms with van der Waals surface area (Å²) < 4.78 is 26.5. The number of aromatic nitrogens is 1. The van der Waals surface area contributed by atoms with E-state index in [1.54, 1.807) is 20.8 Å². The zero-order valence-electron chi connectivity index (χ0n) is 11.4. The van der Waals surface area contributed by atoms with Gasteiger partial charge in [-0.15, -0.1) is 0 Å². The van der Waals surface area contributed by atoms with E-state index in [0.29, 0.717) is 5.56 Å². The largest absolute Gasteiger partial charge is 0.768 e. The van der Waals surface area contributed by atoms with E-state index in [2.05, 4.69) is 22.1 Å². The van der Waals surface area contributed by atoms with Crippen molar-refractivity contribution in [2.24, 2.45) is 0 Å². The van der Waals surface area contributed by atoms with Crippen molar-refractivity contribution in [3.05, 3.63) is 24.0 Å². The zero-order chi connectivity index (χ0) is 15.2. The highest BCUT2D eigenvalue weighted by Crippen LogP contribution is 2.06. The molecule has 1 aromatic rings. The third-order valence-electron chi connectivity index (χ3n) is 1.86. The molecule has 1 atom stereocenters. The molecule has 0 saturated carbocycles. The SMILES string of the molecule is CC(C)(C)OC(=O)NCC#Cc1cncc(S(=O)[O-])c1. The Morgan fingerprint density at radius 1 is 1.50 bits per heavy atom. The number of carbonyl (C=O) groups excluding carboxylic acids is 1. The summed E-state index contributed by atoms with van der Waals surface area (Å²) in [6.45, 7) is 5.38. The van der Waals surface area contributed by atoms with Gasteiger partial charge in [0.15, 0.2) is 0 Å². The van der Waals surface area contributed by atoms with E-state index < -0.39 is 22.8 Å². The second-order valence-electron chi connectivity index (χ2n) is 4.80. The standard InChI is InChI=1S/C13H16N2O4S/c1-13(2,3)19-12(16)15-6-4-5-10-7-11(20(17)18)9-14-8-10/h7-9H,6H2,1-3H3,(H,15,16)(H,17,18)/p-1. The summed E-state index contributed by atoms with van der Waals surface area (Å²) in [4.78, 5) is 15.1. The minimum Gasteiger partial charge on any atom is -0.768 e. The monoisotopic (exact) mass is 295 g/mol. The van der Waals surface area contributed by atoms with Crippen LogP contribution in [0.5, 0.6) is 0 Å². The molecule has 0 fully saturated rings. The summed E-state index contributed by atoms with van der Waals surface area (Å²) in [5, 5.41) is 2.47. The summed E-state index contributed by atoms with van der Waals surface area (Å²) in [5.74, 6) is 5.38. The quantitative estimate of drug-likeness (QED) is 0.654. The van der Waals surface area contributed by atoms with Gasteiger partial charge >= 0.3 is 6.09 Å². The third kappa shape index (κ3) is 6.31. The molecule has 1 amide bonds. The van der Waals surface area contributed by atoms with Gasteiger partial charge < -0.3 is 14.6 Å². The first kappa shape index (κ1) is 16.1. The molecule has 1 aromatic heterocycles. The molecule has 0 bridgehead atoms. The zero-order valence-corrected chi connectivity index (χ0v) is 12.2. The van der Waals surface area contributed by atoms with Gasteiger partial charge in [0.2, 0.25) is 0 Å². The van der Waals surface area contributed by atoms with Crippen molar-refractivity contribution in [3.63, 3.8) is 0 Å². The summed E-state index contributed by atoms with van der Waals surface area (Å²) in [6.07, 6.45) is 2.11. The average Bonchev–Trinajstić information content (AvgIpc) is 2.33. The number of nitrogens with one attached hydrogen (secondary N) is 1. The average molecular weight is 295 g/mol. The van der Waals surface area contributed by atoms with Crippen LogP contribution in [0.3, 0.4) is 0 Å². The summed E-state index contributed by atoms with van der Waals surface area (Å²) in [6, 6.07) is 1.40. The maximum absolute atomic E-state index is 11.3. The molecule has 108 valence electrons. The van der Waals surface area contributed by atoms with Crippen LogP contribution < -0.4 is 5.32 Å². The lowest BCUT2D eigenvalue weighted by Crippen LogP contribution is -2.32. The topological polar surface area (TPSA) is 91.3 Å². The minimum atomic E-state index is -2.34. The number of carbonyl (C=O) groups is 1. The molecular weight excluding hydrogens is 280 g/mol. The van der Waals surface area contributed by atoms with Crippen LogP contribution in [0.25, 0.3) is 0 Å². The van der Waals surface area contributed by atoms with Crippen molar-refractivity contribution in [1.29, 1.82) is 0 Å². The maximum atomic E-state index is 11.3. The second-order valence-corrected chi connectivity index (χ2v) is 5.74. The van der Waals surface area contributed by atoms with Crippen molar-refractivity contribution in [1.82, 2.24) is 10.3 Å². The molecule has 1 N–H and O–H groups in total. The van der Waals surface area contributed by atoms with Crippen LogP contribution in [0.1, 0.15) is 26.3 Å². The highest BCUT2D eigenvalue weighted by Gasteiger charge is 2.14. The lowest BCUT2D eigenvalue weighted by Gasteiger charge is -2.18. The van der Waals surface area contributed by atoms with Gasteiger partial charge in [0.1, 0.15) is 5.60 Å². The van der Waals surface area contributed by atoms with E-state index in [9.17, 15) is 13.6 Å². The molecule has 0 aliphatic rings. The van der Waals surface area contributed by atoms with Gasteiger partial charge in [-0.2, -0.15) is 0 Å². The van der Waals surface area contributed by atoms with Gasteiger partial charge in [-0.1, -0.05) is 11.8 Å². The minimum absolute atomic E-state index is 0.0666. The number of pyridine rings is 1. The van der Waals surface area contributed by atoms with E-state index in [-0.39, 0.29) is 11.4 Å². The summed E-state index contributed by atoms with van der Waals surface area (Å²) in [5.41, 5.74) is -0.105. The van der Waals surface area contributed by atoms with Crippen LogP contribution in [0, 0.1) is 11.8 Å². The Labute approximate surface area is 120 Å². The van der Waals surface area contributed by atoms with Crippen LogP contribution in [-0.2, 0) is 15.8 Å². The fourth-order valence-electron chi connectivity index (χ4n) is 1.16. The van der Waals surface area contributed by atoms with Gasteiger partial charge in [-0.3, -0.25) is 9.19 Å². The Morgan fingerprint density at radius 2 is 2.20 bits per heavy atom. The molecule has 7 heteroatoms. The molecular formula is C13H15N2O4S-. The Kier molecular flexibility index (Phi) is 5.67. The third-order valence-corrected chi connectivity index (χ3v) is 2.47. The van der Waals surface area contributed by atoms with Crippen LogP contribution in [0.2, 0.25) is 0 Å². The molecule has 0 radical (unpaired) electrons. The van der Waals surface area contributed by atoms with E-state index in [4.69, 9.17) is 4.74 Å². The smallest absolute Gasteiger partial charge is 0.408 e. The Hall–Kier alpha value is -1.91. The predicted molar refractivity (Wildman–Crippen MR) is 72.5 cm³/mol. The van der Waals surface area contributed by atoms with E-state index in [0.717, 1.165) is 0 Å². The van der Waals surface area contributed by atoms with Crippen molar-refractivity contribution < 1.29 is 18.3 Å². The Balaban J connectivity index is 2.53. The molecule has 6 nitrogen and oxygen atoms in total. The molecule has 0 spiro atoms. The molecule has 1 unspecified atom stereocenters. The number of hydrogen-bond acceptors (Lipinski definition) is 5. The fourth-order valence-corrected chi connectivity index (χ4v) is 1.53. The molecule has 20 heavy (non-hydrogen) atoms. The number of alkyl carbamates (subject to hydrolysis) is 1. The van der Waals surface area contributed by atoms with Crippen molar-refractivity contribution >= 4 is 17.2 Å². The molecule has 0 aliphatic carbocycles. The first-order valence-electron chi connectivity index (χ1n) is 5.78. The first-order valence-corrected chi connectivity index (χ1v) is 6.85. The van der Waals surface area contributed by atoms with Gasteiger partial charge in [-0.05, 0) is 37.9 Å². The molecule has 1 rings (SSSR count). The molecule has 0 aromatic carbocycles. The van der Waals surface area contributed by atoms with E-state index >= 15 is 0 Å². The summed E-state index contributed by atoms with van der Waals surface area (Å²) in [7, 11) is 0. The maximum Gasteiger partial charge on any atom is 0.408 e. The van der Waals surface area contributed by atoms with Crippen LogP contribution in [0.15, 0.2) is 23.4 Å². The number of rotatable bonds is 2. The number of ether oxygens (including phenoxy) is 1. The van der Waals surface area contributed by atoms with Crippen LogP contribution >= 0.6 is 0 Å². The fraction of sp³-hybridized carbons (Fsp3) is 0.385. The van der Waals surface area contributed by atoms with Gasteiger partial charge in [0.25, 0.3) is 0 Å². The molecule has 0 saturated heterocycles. The second kappa shape index (κ2) is 7.03. The van der Waals surface area contributed by atoms with Gasteiger partial charge in [0, 0.05) is 22.9 Å². The number of nitrogens with zero attached hydrogens (tertiary/aromatic N) is 1.